The second-order valence-electron chi connectivity index (χ2n) is 9.03. The number of halogens is 1. The van der Waals surface area contributed by atoms with E-state index in [0.29, 0.717) is 29.7 Å². The normalized spacial score (nSPS) is 18.0. The number of methoxy groups -OCH3 is 2. The summed E-state index contributed by atoms with van der Waals surface area (Å²) in [5.41, 5.74) is 1.05. The van der Waals surface area contributed by atoms with Crippen LogP contribution in [0.5, 0.6) is 5.75 Å². The Balaban J connectivity index is 1.44. The first-order chi connectivity index (χ1) is 17.1. The molecule has 0 spiro atoms. The minimum atomic E-state index is -0.124. The molecule has 2 aromatic carbocycles. The van der Waals surface area contributed by atoms with E-state index in [0.717, 1.165) is 58.5 Å². The molecule has 2 heterocycles. The highest BCUT2D eigenvalue weighted by Gasteiger charge is 2.27. The van der Waals surface area contributed by atoms with Gasteiger partial charge in [0.2, 0.25) is 0 Å². The van der Waals surface area contributed by atoms with E-state index in [1.165, 1.54) is 11.8 Å². The Kier molecular flexibility index (Phi) is 7.07. The number of nitrogens with zero attached hydrogens (tertiary/aromatic N) is 2. The van der Waals surface area contributed by atoms with E-state index in [1.54, 1.807) is 18.4 Å². The van der Waals surface area contributed by atoms with Crippen molar-refractivity contribution in [2.75, 3.05) is 19.5 Å². The standard InChI is InChI=1S/C27H28ClN3O3S/c1-33-21-12-9-17(13-20(21)28)15-29-26-24-19-5-3-4-6-22(19)35-27(24)31-25(30-26)18-10-7-16(8-11-18)14-23(32)34-2/h3-6,9,12-13,16,18H,7-8,10-11,14-15H2,1-2H3,(H,29,30,31). The summed E-state index contributed by atoms with van der Waals surface area (Å²) in [6.07, 6.45) is 4.43. The van der Waals surface area contributed by atoms with Gasteiger partial charge < -0.3 is 14.8 Å². The van der Waals surface area contributed by atoms with Crippen LogP contribution in [0.4, 0.5) is 5.82 Å². The van der Waals surface area contributed by atoms with E-state index in [9.17, 15) is 4.79 Å². The summed E-state index contributed by atoms with van der Waals surface area (Å²) >= 11 is 8.05. The highest BCUT2D eigenvalue weighted by molar-refractivity contribution is 7.25. The van der Waals surface area contributed by atoms with Gasteiger partial charge in [0.15, 0.2) is 0 Å². The number of esters is 1. The Bertz CT molecular complexity index is 1360. The second kappa shape index (κ2) is 10.4. The Hall–Kier alpha value is -2.90. The molecule has 182 valence electrons. The van der Waals surface area contributed by atoms with Crippen molar-refractivity contribution < 1.29 is 14.3 Å². The number of fused-ring (bicyclic) bond motifs is 3. The third-order valence-electron chi connectivity index (χ3n) is 6.83. The average Bonchev–Trinajstić information content (AvgIpc) is 3.26. The number of rotatable bonds is 7. The number of nitrogens with one attached hydrogen (secondary N) is 1. The van der Waals surface area contributed by atoms with Crippen molar-refractivity contribution in [3.05, 3.63) is 58.9 Å². The van der Waals surface area contributed by atoms with Crippen LogP contribution in [0.15, 0.2) is 42.5 Å². The Morgan fingerprint density at radius 3 is 2.66 bits per heavy atom. The fraction of sp³-hybridized carbons (Fsp3) is 0.370. The van der Waals surface area contributed by atoms with Crippen LogP contribution >= 0.6 is 22.9 Å². The van der Waals surface area contributed by atoms with Crippen molar-refractivity contribution in [3.63, 3.8) is 0 Å². The van der Waals surface area contributed by atoms with Gasteiger partial charge in [-0.3, -0.25) is 4.79 Å². The number of benzene rings is 2. The number of carbonyl (C=O) groups excluding carboxylic acids is 1. The molecule has 2 aromatic heterocycles. The quantitative estimate of drug-likeness (QED) is 0.271. The van der Waals surface area contributed by atoms with Crippen LogP contribution in [0.3, 0.4) is 0 Å². The van der Waals surface area contributed by atoms with Crippen LogP contribution in [0.25, 0.3) is 20.3 Å². The summed E-state index contributed by atoms with van der Waals surface area (Å²) in [5.74, 6) is 2.94. The maximum atomic E-state index is 11.7. The summed E-state index contributed by atoms with van der Waals surface area (Å²) in [7, 11) is 3.07. The highest BCUT2D eigenvalue weighted by Crippen LogP contribution is 2.41. The molecule has 0 atom stereocenters. The lowest BCUT2D eigenvalue weighted by Crippen LogP contribution is -2.19. The molecule has 35 heavy (non-hydrogen) atoms. The second-order valence-corrected chi connectivity index (χ2v) is 10.5. The third kappa shape index (κ3) is 5.07. The molecule has 5 rings (SSSR count). The van der Waals surface area contributed by atoms with Gasteiger partial charge in [-0.05, 0) is 55.4 Å². The first-order valence-corrected chi connectivity index (χ1v) is 13.1. The molecule has 0 radical (unpaired) electrons. The summed E-state index contributed by atoms with van der Waals surface area (Å²) < 4.78 is 11.3. The molecule has 6 nitrogen and oxygen atoms in total. The van der Waals surface area contributed by atoms with E-state index in [1.807, 2.05) is 18.2 Å². The predicted molar refractivity (Wildman–Crippen MR) is 142 cm³/mol. The number of hydrogen-bond donors (Lipinski definition) is 1. The van der Waals surface area contributed by atoms with E-state index in [2.05, 4.69) is 29.6 Å². The lowest BCUT2D eigenvalue weighted by atomic mass is 9.80. The molecule has 1 aliphatic rings. The Morgan fingerprint density at radius 1 is 1.11 bits per heavy atom. The van der Waals surface area contributed by atoms with Crippen molar-refractivity contribution in [2.24, 2.45) is 5.92 Å². The molecular weight excluding hydrogens is 482 g/mol. The van der Waals surface area contributed by atoms with Crippen LogP contribution in [-0.2, 0) is 16.1 Å². The van der Waals surface area contributed by atoms with Crippen molar-refractivity contribution in [2.45, 2.75) is 44.6 Å². The zero-order valence-corrected chi connectivity index (χ0v) is 21.4. The molecule has 4 aromatic rings. The highest BCUT2D eigenvalue weighted by atomic mass is 35.5. The van der Waals surface area contributed by atoms with Gasteiger partial charge >= 0.3 is 5.97 Å². The smallest absolute Gasteiger partial charge is 0.305 e. The van der Waals surface area contributed by atoms with Crippen LogP contribution in [0, 0.1) is 5.92 Å². The van der Waals surface area contributed by atoms with Crippen LogP contribution < -0.4 is 10.1 Å². The molecule has 0 bridgehead atoms. The predicted octanol–water partition coefficient (Wildman–Crippen LogP) is 6.96. The summed E-state index contributed by atoms with van der Waals surface area (Å²) in [4.78, 5) is 22.8. The summed E-state index contributed by atoms with van der Waals surface area (Å²) in [6, 6.07) is 14.2. The number of carbonyl (C=O) groups is 1. The fourth-order valence-corrected chi connectivity index (χ4v) is 6.26. The molecule has 0 unspecified atom stereocenters. The summed E-state index contributed by atoms with van der Waals surface area (Å²) in [6.45, 7) is 0.589. The molecule has 0 aliphatic heterocycles. The maximum Gasteiger partial charge on any atom is 0.305 e. The topological polar surface area (TPSA) is 73.3 Å². The zero-order valence-electron chi connectivity index (χ0n) is 19.8. The Morgan fingerprint density at radius 2 is 1.91 bits per heavy atom. The Labute approximate surface area is 213 Å². The van der Waals surface area contributed by atoms with Gasteiger partial charge in [0.05, 0.1) is 24.6 Å². The summed E-state index contributed by atoms with van der Waals surface area (Å²) in [5, 5.41) is 6.38. The molecule has 1 saturated carbocycles. The largest absolute Gasteiger partial charge is 0.495 e. The van der Waals surface area contributed by atoms with E-state index >= 15 is 0 Å². The first-order valence-electron chi connectivity index (χ1n) is 11.9. The minimum Gasteiger partial charge on any atom is -0.495 e. The van der Waals surface area contributed by atoms with Gasteiger partial charge in [0.1, 0.15) is 22.2 Å². The van der Waals surface area contributed by atoms with Gasteiger partial charge in [0.25, 0.3) is 0 Å². The molecule has 1 N–H and O–H groups in total. The zero-order chi connectivity index (χ0) is 24.4. The van der Waals surface area contributed by atoms with E-state index < -0.39 is 0 Å². The minimum absolute atomic E-state index is 0.124. The maximum absolute atomic E-state index is 11.7. The number of aromatic nitrogens is 2. The number of ether oxygens (including phenoxy) is 2. The van der Waals surface area contributed by atoms with Crippen LogP contribution in [0.2, 0.25) is 5.02 Å². The first kappa shape index (κ1) is 23.8. The van der Waals surface area contributed by atoms with Gasteiger partial charge in [-0.2, -0.15) is 0 Å². The number of hydrogen-bond acceptors (Lipinski definition) is 7. The SMILES string of the molecule is COC(=O)CC1CCC(c2nc(NCc3ccc(OC)c(Cl)c3)c3c(n2)sc2ccccc23)CC1. The van der Waals surface area contributed by atoms with Crippen molar-refractivity contribution >= 4 is 55.0 Å². The molecule has 1 fully saturated rings. The van der Waals surface area contributed by atoms with Crippen molar-refractivity contribution in [1.82, 2.24) is 9.97 Å². The van der Waals surface area contributed by atoms with Gasteiger partial charge in [-0.1, -0.05) is 35.9 Å². The van der Waals surface area contributed by atoms with Crippen LogP contribution in [-0.4, -0.2) is 30.2 Å². The van der Waals surface area contributed by atoms with E-state index in [-0.39, 0.29) is 11.9 Å². The van der Waals surface area contributed by atoms with E-state index in [4.69, 9.17) is 31.0 Å². The third-order valence-corrected chi connectivity index (χ3v) is 8.19. The van der Waals surface area contributed by atoms with Crippen LogP contribution in [0.1, 0.15) is 49.4 Å². The number of anilines is 1. The van der Waals surface area contributed by atoms with Crippen molar-refractivity contribution in [1.29, 1.82) is 0 Å². The lowest BCUT2D eigenvalue weighted by molar-refractivity contribution is -0.142. The molecule has 8 heteroatoms. The molecular formula is C27H28ClN3O3S. The van der Waals surface area contributed by atoms with Gasteiger partial charge in [-0.15, -0.1) is 11.3 Å². The molecule has 1 aliphatic carbocycles. The van der Waals surface area contributed by atoms with Gasteiger partial charge in [-0.25, -0.2) is 9.97 Å². The lowest BCUT2D eigenvalue weighted by Gasteiger charge is -2.27. The molecule has 0 saturated heterocycles. The van der Waals surface area contributed by atoms with Gasteiger partial charge in [0, 0.05) is 29.0 Å². The number of thiophene rings is 1. The average molecular weight is 510 g/mol. The van der Waals surface area contributed by atoms with Crippen molar-refractivity contribution in [3.8, 4) is 5.75 Å². The fourth-order valence-electron chi connectivity index (χ4n) is 4.90. The molecule has 0 amide bonds. The monoisotopic (exact) mass is 509 g/mol.